The lowest BCUT2D eigenvalue weighted by molar-refractivity contribution is 0.0963. The molecule has 0 aliphatic rings. The highest BCUT2D eigenvalue weighted by Crippen LogP contribution is 2.33. The van der Waals surface area contributed by atoms with Crippen LogP contribution in [0.25, 0.3) is 10.9 Å². The number of aromatic amines is 1. The monoisotopic (exact) mass is 462 g/mol. The number of benzene rings is 1. The molecule has 2 amide bonds. The van der Waals surface area contributed by atoms with Crippen LogP contribution in [0.1, 0.15) is 41.9 Å². The second-order valence-electron chi connectivity index (χ2n) is 7.49. The maximum atomic E-state index is 13.4. The van der Waals surface area contributed by atoms with E-state index in [1.165, 1.54) is 38.7 Å². The minimum Gasteiger partial charge on any atom is -0.495 e. The van der Waals surface area contributed by atoms with Crippen molar-refractivity contribution in [2.24, 2.45) is 0 Å². The topological polar surface area (TPSA) is 134 Å². The number of nitrogens with zero attached hydrogens (tertiary/aromatic N) is 3. The molecular formula is C24H25N7O3. The Kier molecular flexibility index (Phi) is 5.14. The number of ether oxygens (including phenoxy) is 1. The Bertz CT molecular complexity index is 1500. The van der Waals surface area contributed by atoms with E-state index in [9.17, 15) is 9.59 Å². The maximum Gasteiger partial charge on any atom is 0.259 e. The standard InChI is InChI=1S/C24H25N7O3/c1-12-10-26-17-7-6-15(22(34-5)21(12)17)24(33)30-18-9-19(27-11-16(18)23(32)25-4)31-20-8-13(2)28-14(3)29-20/h6-11,26H,1-5H3,(H,25,32)(H2,27,28,29,30,31,33)/i1D3. The summed E-state index contributed by atoms with van der Waals surface area (Å²) in [6, 6.07) is 6.35. The van der Waals surface area contributed by atoms with Gasteiger partial charge in [-0.2, -0.15) is 0 Å². The molecule has 0 unspecified atom stereocenters. The summed E-state index contributed by atoms with van der Waals surface area (Å²) in [4.78, 5) is 41.6. The number of fused-ring (bicyclic) bond motifs is 1. The number of aromatic nitrogens is 4. The van der Waals surface area contributed by atoms with Gasteiger partial charge in [0.1, 0.15) is 23.2 Å². The summed E-state index contributed by atoms with van der Waals surface area (Å²) in [6.07, 6.45) is 2.71. The van der Waals surface area contributed by atoms with Crippen LogP contribution in [0.5, 0.6) is 5.75 Å². The van der Waals surface area contributed by atoms with E-state index in [4.69, 9.17) is 8.85 Å². The van der Waals surface area contributed by atoms with E-state index in [1.54, 1.807) is 19.1 Å². The number of anilines is 3. The predicted octanol–water partition coefficient (Wildman–Crippen LogP) is 3.64. The van der Waals surface area contributed by atoms with Gasteiger partial charge in [0.15, 0.2) is 0 Å². The van der Waals surface area contributed by atoms with E-state index in [1.807, 2.05) is 6.92 Å². The average Bonchev–Trinajstić information content (AvgIpc) is 3.27. The van der Waals surface area contributed by atoms with Gasteiger partial charge in [0, 0.05) is 52.3 Å². The number of H-pyrrole nitrogens is 1. The summed E-state index contributed by atoms with van der Waals surface area (Å²) in [5.41, 5.74) is 1.70. The first-order chi connectivity index (χ1) is 17.5. The van der Waals surface area contributed by atoms with Crippen molar-refractivity contribution in [1.29, 1.82) is 0 Å². The van der Waals surface area contributed by atoms with Crippen LogP contribution < -0.4 is 20.7 Å². The molecule has 174 valence electrons. The minimum atomic E-state index is -2.42. The van der Waals surface area contributed by atoms with Crippen molar-refractivity contribution in [3.63, 3.8) is 0 Å². The number of nitrogens with one attached hydrogen (secondary N) is 4. The van der Waals surface area contributed by atoms with Crippen molar-refractivity contribution in [3.8, 4) is 5.75 Å². The molecule has 0 spiro atoms. The molecule has 0 bridgehead atoms. The molecule has 4 N–H and O–H groups in total. The van der Waals surface area contributed by atoms with E-state index in [0.29, 0.717) is 23.0 Å². The Balaban J connectivity index is 1.74. The normalized spacial score (nSPS) is 12.4. The van der Waals surface area contributed by atoms with Gasteiger partial charge in [-0.25, -0.2) is 15.0 Å². The number of carbonyl (C=O) groups is 2. The number of hydrogen-bond donors (Lipinski definition) is 4. The summed E-state index contributed by atoms with van der Waals surface area (Å²) in [5, 5.41) is 8.60. The summed E-state index contributed by atoms with van der Waals surface area (Å²) in [6.45, 7) is 1.18. The molecule has 34 heavy (non-hydrogen) atoms. The number of methoxy groups -OCH3 is 1. The van der Waals surface area contributed by atoms with Crippen LogP contribution in [0.3, 0.4) is 0 Å². The Labute approximate surface area is 200 Å². The fourth-order valence-electron chi connectivity index (χ4n) is 3.63. The molecule has 10 nitrogen and oxygen atoms in total. The van der Waals surface area contributed by atoms with Crippen molar-refractivity contribution in [3.05, 3.63) is 64.9 Å². The van der Waals surface area contributed by atoms with E-state index < -0.39 is 18.7 Å². The quantitative estimate of drug-likeness (QED) is 0.344. The highest BCUT2D eigenvalue weighted by Gasteiger charge is 2.20. The second kappa shape index (κ2) is 9.18. The van der Waals surface area contributed by atoms with Gasteiger partial charge in [-0.05, 0) is 38.4 Å². The number of aryl methyl sites for hydroxylation is 3. The summed E-state index contributed by atoms with van der Waals surface area (Å²) in [5.74, 6) is 0.440. The predicted molar refractivity (Wildman–Crippen MR) is 130 cm³/mol. The molecule has 3 aromatic heterocycles. The first kappa shape index (κ1) is 19.0. The lowest BCUT2D eigenvalue weighted by atomic mass is 10.1. The molecular weight excluding hydrogens is 434 g/mol. The van der Waals surface area contributed by atoms with Gasteiger partial charge in [-0.3, -0.25) is 9.59 Å². The molecule has 0 radical (unpaired) electrons. The molecule has 4 aromatic rings. The van der Waals surface area contributed by atoms with Crippen LogP contribution in [-0.2, 0) is 0 Å². The minimum absolute atomic E-state index is 0.0332. The first-order valence-electron chi connectivity index (χ1n) is 11.8. The van der Waals surface area contributed by atoms with Crippen LogP contribution in [0, 0.1) is 20.7 Å². The zero-order chi connectivity index (χ0) is 26.9. The van der Waals surface area contributed by atoms with Crippen LogP contribution >= 0.6 is 0 Å². The van der Waals surface area contributed by atoms with Gasteiger partial charge in [0.2, 0.25) is 0 Å². The van der Waals surface area contributed by atoms with Crippen LogP contribution in [0.15, 0.2) is 36.7 Å². The SMILES string of the molecule is [2H]C([2H])([2H])c1c[nH]c2ccc(C(=O)Nc3cc(Nc4cc(C)nc(C)n4)ncc3C(=O)NC)c(OC)c12. The molecule has 4 rings (SSSR count). The zero-order valence-electron chi connectivity index (χ0n) is 22.0. The average molecular weight is 463 g/mol. The molecule has 0 saturated carbocycles. The lowest BCUT2D eigenvalue weighted by Crippen LogP contribution is -2.22. The molecule has 1 aromatic carbocycles. The molecule has 0 saturated heterocycles. The van der Waals surface area contributed by atoms with Gasteiger partial charge in [-0.1, -0.05) is 0 Å². The van der Waals surface area contributed by atoms with Gasteiger partial charge >= 0.3 is 0 Å². The molecule has 3 heterocycles. The number of rotatable bonds is 6. The van der Waals surface area contributed by atoms with Gasteiger partial charge in [0.05, 0.1) is 23.9 Å². The van der Waals surface area contributed by atoms with Crippen molar-refractivity contribution >= 4 is 40.0 Å². The zero-order valence-corrected chi connectivity index (χ0v) is 19.0. The van der Waals surface area contributed by atoms with E-state index in [2.05, 4.69) is 35.9 Å². The summed E-state index contributed by atoms with van der Waals surface area (Å²) in [7, 11) is 2.82. The fourth-order valence-corrected chi connectivity index (χ4v) is 3.63. The van der Waals surface area contributed by atoms with E-state index in [-0.39, 0.29) is 33.5 Å². The summed E-state index contributed by atoms with van der Waals surface area (Å²) >= 11 is 0. The third-order valence-corrected chi connectivity index (χ3v) is 5.09. The molecule has 0 atom stereocenters. The number of pyridine rings is 1. The molecule has 0 aliphatic carbocycles. The van der Waals surface area contributed by atoms with E-state index >= 15 is 0 Å². The highest BCUT2D eigenvalue weighted by molar-refractivity contribution is 6.12. The van der Waals surface area contributed by atoms with Crippen LogP contribution in [0.4, 0.5) is 17.3 Å². The maximum absolute atomic E-state index is 13.4. The molecule has 0 aliphatic heterocycles. The molecule has 0 fully saturated rings. The highest BCUT2D eigenvalue weighted by atomic mass is 16.5. The van der Waals surface area contributed by atoms with Crippen LogP contribution in [-0.4, -0.2) is 45.9 Å². The van der Waals surface area contributed by atoms with Crippen LogP contribution in [0.2, 0.25) is 0 Å². The van der Waals surface area contributed by atoms with Crippen molar-refractivity contribution in [1.82, 2.24) is 25.3 Å². The molecule has 10 heteroatoms. The van der Waals surface area contributed by atoms with E-state index in [0.717, 1.165) is 5.69 Å². The lowest BCUT2D eigenvalue weighted by Gasteiger charge is -2.15. The van der Waals surface area contributed by atoms with Gasteiger partial charge in [-0.15, -0.1) is 0 Å². The van der Waals surface area contributed by atoms with Gasteiger partial charge in [0.25, 0.3) is 11.8 Å². The Morgan fingerprint density at radius 3 is 2.62 bits per heavy atom. The van der Waals surface area contributed by atoms with Crippen molar-refractivity contribution in [2.75, 3.05) is 24.8 Å². The first-order valence-corrected chi connectivity index (χ1v) is 10.3. The summed E-state index contributed by atoms with van der Waals surface area (Å²) < 4.78 is 29.0. The number of amides is 2. The Morgan fingerprint density at radius 2 is 1.91 bits per heavy atom. The van der Waals surface area contributed by atoms with Crippen molar-refractivity contribution < 1.29 is 18.4 Å². The fraction of sp³-hybridized carbons (Fsp3) is 0.208. The third kappa shape index (κ3) is 4.38. The smallest absolute Gasteiger partial charge is 0.259 e. The number of carbonyl (C=O) groups excluding carboxylic acids is 2. The Hall–Kier alpha value is -4.47. The van der Waals surface area contributed by atoms with Crippen molar-refractivity contribution in [2.45, 2.75) is 20.7 Å². The number of hydrogen-bond acceptors (Lipinski definition) is 7. The Morgan fingerprint density at radius 1 is 1.09 bits per heavy atom. The second-order valence-corrected chi connectivity index (χ2v) is 7.49. The largest absolute Gasteiger partial charge is 0.495 e. The van der Waals surface area contributed by atoms with Gasteiger partial charge < -0.3 is 25.7 Å². The third-order valence-electron chi connectivity index (χ3n) is 5.09.